The fraction of sp³-hybridized carbons (Fsp3) is 0.962. The molecule has 0 aromatic rings. The lowest BCUT2D eigenvalue weighted by atomic mass is 10.1. The van der Waals surface area contributed by atoms with E-state index in [0.717, 1.165) is 12.8 Å². The summed E-state index contributed by atoms with van der Waals surface area (Å²) in [5, 5.41) is 0. The van der Waals surface area contributed by atoms with Crippen LogP contribution in [0.2, 0.25) is 0 Å². The minimum absolute atomic E-state index is 0.0541. The minimum atomic E-state index is -4.42. The van der Waals surface area contributed by atoms with E-state index in [0.29, 0.717) is 43.5 Å². The van der Waals surface area contributed by atoms with Gasteiger partial charge in [-0.2, -0.15) is 0 Å². The summed E-state index contributed by atoms with van der Waals surface area (Å²) in [6.07, 6.45) is 13.6. The molecule has 36 heavy (non-hydrogen) atoms. The molecule has 0 N–H and O–H groups in total. The number of quaternary nitrogens is 1. The van der Waals surface area contributed by atoms with Crippen LogP contribution in [0, 0.1) is 0 Å². The third-order valence-electron chi connectivity index (χ3n) is 5.73. The monoisotopic (exact) mass is 539 g/mol. The quantitative estimate of drug-likeness (QED) is 0.0665. The van der Waals surface area contributed by atoms with E-state index in [1.165, 1.54) is 58.5 Å². The van der Waals surface area contributed by atoms with E-state index < -0.39 is 13.9 Å². The Bertz CT molecular complexity index is 571. The van der Waals surface area contributed by atoms with E-state index in [2.05, 4.69) is 11.7 Å². The highest BCUT2D eigenvalue weighted by molar-refractivity contribution is 7.45. The molecule has 1 unspecified atom stereocenters. The van der Waals surface area contributed by atoms with E-state index in [-0.39, 0.29) is 25.8 Å². The fourth-order valence-electron chi connectivity index (χ4n) is 3.41. The largest absolute Gasteiger partial charge is 0.756 e. The number of phosphoric acid groups is 1. The van der Waals surface area contributed by atoms with Gasteiger partial charge in [0.1, 0.15) is 19.3 Å². The summed E-state index contributed by atoms with van der Waals surface area (Å²) in [4.78, 5) is 23.3. The Kier molecular flexibility index (Phi) is 22.1. The maximum absolute atomic E-state index is 12.1. The number of methoxy groups -OCH3 is 1. The van der Waals surface area contributed by atoms with Crippen LogP contribution in [0.5, 0.6) is 0 Å². The number of rotatable bonds is 26. The molecule has 0 aliphatic rings. The van der Waals surface area contributed by atoms with Crippen molar-refractivity contribution in [2.75, 3.05) is 67.8 Å². The number of hydrogen-bond donors (Lipinski definition) is 0. The molecule has 0 aromatic heterocycles. The third kappa shape index (κ3) is 25.1. The standard InChI is InChI=1S/C26H54NO8P/c1-6-7-8-9-10-11-12-13-14-16-20-32-23-25(33-21-17-15-18-26(28)31-5)24-35-36(29,30)34-22-19-27(2,3)4/h25H,6-24H2,1-5H3/t25-/m1/s1. The highest BCUT2D eigenvalue weighted by atomic mass is 31.2. The maximum Gasteiger partial charge on any atom is 0.305 e. The minimum Gasteiger partial charge on any atom is -0.756 e. The van der Waals surface area contributed by atoms with Crippen molar-refractivity contribution in [3.8, 4) is 0 Å². The lowest BCUT2D eigenvalue weighted by Gasteiger charge is -2.28. The summed E-state index contributed by atoms with van der Waals surface area (Å²) in [5.74, 6) is -0.256. The first-order valence-corrected chi connectivity index (χ1v) is 15.2. The van der Waals surface area contributed by atoms with Crippen LogP contribution in [0.4, 0.5) is 0 Å². The van der Waals surface area contributed by atoms with Gasteiger partial charge in [0.05, 0.1) is 41.5 Å². The van der Waals surface area contributed by atoms with E-state index in [1.807, 2.05) is 21.1 Å². The highest BCUT2D eigenvalue weighted by Gasteiger charge is 2.18. The van der Waals surface area contributed by atoms with Gasteiger partial charge in [0.15, 0.2) is 0 Å². The molecule has 0 fully saturated rings. The number of nitrogens with zero attached hydrogens (tertiary/aromatic N) is 1. The number of unbranched alkanes of at least 4 members (excludes halogenated alkanes) is 10. The molecule has 0 amide bonds. The Labute approximate surface area is 220 Å². The Morgan fingerprint density at radius 1 is 0.806 bits per heavy atom. The number of esters is 1. The van der Waals surface area contributed by atoms with E-state index >= 15 is 0 Å². The zero-order valence-corrected chi connectivity index (χ0v) is 24.6. The van der Waals surface area contributed by atoms with Crippen LogP contribution < -0.4 is 4.89 Å². The molecular formula is C26H54NO8P. The average molecular weight is 540 g/mol. The number of likely N-dealkylation sites (N-methyl/N-ethyl adjacent to an activating group) is 1. The van der Waals surface area contributed by atoms with Crippen LogP contribution in [0.25, 0.3) is 0 Å². The van der Waals surface area contributed by atoms with Gasteiger partial charge in [-0.15, -0.1) is 0 Å². The molecule has 0 rings (SSSR count). The second kappa shape index (κ2) is 22.4. The zero-order valence-electron chi connectivity index (χ0n) is 23.7. The Hall–Kier alpha value is -0.540. The van der Waals surface area contributed by atoms with Crippen molar-refractivity contribution >= 4 is 13.8 Å². The Morgan fingerprint density at radius 2 is 1.39 bits per heavy atom. The second-order valence-corrected chi connectivity index (χ2v) is 11.8. The fourth-order valence-corrected chi connectivity index (χ4v) is 4.14. The van der Waals surface area contributed by atoms with Gasteiger partial charge in [-0.25, -0.2) is 0 Å². The Morgan fingerprint density at radius 3 is 1.97 bits per heavy atom. The van der Waals surface area contributed by atoms with Crippen molar-refractivity contribution < 1.29 is 42.0 Å². The van der Waals surface area contributed by atoms with Gasteiger partial charge in [-0.05, 0) is 19.3 Å². The normalized spacial score (nSPS) is 14.5. The summed E-state index contributed by atoms with van der Waals surface area (Å²) in [6, 6.07) is 0. The molecule has 0 bridgehead atoms. The van der Waals surface area contributed by atoms with Crippen LogP contribution in [-0.4, -0.2) is 84.4 Å². The molecule has 216 valence electrons. The van der Waals surface area contributed by atoms with Crippen LogP contribution in [-0.2, 0) is 32.6 Å². The van der Waals surface area contributed by atoms with E-state index in [1.54, 1.807) is 0 Å². The van der Waals surface area contributed by atoms with Gasteiger partial charge in [0, 0.05) is 19.6 Å². The topological polar surface area (TPSA) is 103 Å². The van der Waals surface area contributed by atoms with Crippen molar-refractivity contribution in [2.45, 2.75) is 96.5 Å². The van der Waals surface area contributed by atoms with Crippen molar-refractivity contribution in [2.24, 2.45) is 0 Å². The average Bonchev–Trinajstić information content (AvgIpc) is 2.81. The summed E-state index contributed by atoms with van der Waals surface area (Å²) >= 11 is 0. The van der Waals surface area contributed by atoms with Gasteiger partial charge < -0.3 is 32.6 Å². The van der Waals surface area contributed by atoms with E-state index in [4.69, 9.17) is 18.5 Å². The van der Waals surface area contributed by atoms with Crippen molar-refractivity contribution in [3.63, 3.8) is 0 Å². The molecule has 0 radical (unpaired) electrons. The van der Waals surface area contributed by atoms with E-state index in [9.17, 15) is 14.3 Å². The van der Waals surface area contributed by atoms with Gasteiger partial charge >= 0.3 is 5.97 Å². The van der Waals surface area contributed by atoms with Crippen LogP contribution >= 0.6 is 7.82 Å². The predicted octanol–water partition coefficient (Wildman–Crippen LogP) is 4.86. The summed E-state index contributed by atoms with van der Waals surface area (Å²) < 4.78 is 38.9. The van der Waals surface area contributed by atoms with Crippen LogP contribution in [0.1, 0.15) is 90.4 Å². The number of carbonyl (C=O) groups is 1. The van der Waals surface area contributed by atoms with Gasteiger partial charge in [-0.1, -0.05) is 64.7 Å². The predicted molar refractivity (Wildman–Crippen MR) is 141 cm³/mol. The molecule has 0 aromatic carbocycles. The van der Waals surface area contributed by atoms with Crippen molar-refractivity contribution in [3.05, 3.63) is 0 Å². The number of phosphoric ester groups is 1. The first-order valence-electron chi connectivity index (χ1n) is 13.8. The SMILES string of the molecule is CCCCCCCCCCCCOC[C@H](COP(=O)([O-])OCC[N+](C)(C)C)OCCCCC(=O)OC. The molecule has 0 saturated heterocycles. The molecule has 0 aliphatic carbocycles. The zero-order chi connectivity index (χ0) is 27.1. The first-order chi connectivity index (χ1) is 17.1. The number of carbonyl (C=O) groups excluding carboxylic acids is 1. The highest BCUT2D eigenvalue weighted by Crippen LogP contribution is 2.38. The van der Waals surface area contributed by atoms with Gasteiger partial charge in [-0.3, -0.25) is 9.36 Å². The summed E-state index contributed by atoms with van der Waals surface area (Å²) in [6.45, 7) is 3.89. The maximum atomic E-state index is 12.1. The second-order valence-electron chi connectivity index (χ2n) is 10.4. The summed E-state index contributed by atoms with van der Waals surface area (Å²) in [7, 11) is 2.80. The Balaban J connectivity index is 4.21. The lowest BCUT2D eigenvalue weighted by molar-refractivity contribution is -0.870. The van der Waals surface area contributed by atoms with Gasteiger partial charge in [0.25, 0.3) is 7.82 Å². The van der Waals surface area contributed by atoms with Gasteiger partial charge in [0.2, 0.25) is 0 Å². The molecule has 10 heteroatoms. The summed E-state index contributed by atoms with van der Waals surface area (Å²) in [5.41, 5.74) is 0. The van der Waals surface area contributed by atoms with Crippen molar-refractivity contribution in [1.82, 2.24) is 0 Å². The number of hydrogen-bond acceptors (Lipinski definition) is 8. The molecule has 2 atom stereocenters. The van der Waals surface area contributed by atoms with Crippen LogP contribution in [0.3, 0.4) is 0 Å². The van der Waals surface area contributed by atoms with Crippen LogP contribution in [0.15, 0.2) is 0 Å². The molecule has 0 heterocycles. The number of ether oxygens (including phenoxy) is 3. The van der Waals surface area contributed by atoms with Crippen molar-refractivity contribution in [1.29, 1.82) is 0 Å². The third-order valence-corrected chi connectivity index (χ3v) is 6.70. The molecule has 9 nitrogen and oxygen atoms in total. The molecule has 0 aliphatic heterocycles. The molecule has 0 saturated carbocycles. The first kappa shape index (κ1) is 35.5. The smallest absolute Gasteiger partial charge is 0.305 e. The molecule has 0 spiro atoms. The lowest BCUT2D eigenvalue weighted by Crippen LogP contribution is -2.37. The molecular weight excluding hydrogens is 485 g/mol.